The van der Waals surface area contributed by atoms with Gasteiger partial charge < -0.3 is 8.92 Å². The van der Waals surface area contributed by atoms with Gasteiger partial charge >= 0.3 is 15.6 Å². The normalized spacial score (nSPS) is 16.3. The molecule has 2 rings (SSSR count). The zero-order valence-electron chi connectivity index (χ0n) is 12.7. The van der Waals surface area contributed by atoms with Crippen LogP contribution >= 0.6 is 0 Å². The Morgan fingerprint density at radius 2 is 1.87 bits per heavy atom. The molecule has 1 aromatic carbocycles. The van der Waals surface area contributed by atoms with E-state index in [0.717, 1.165) is 6.42 Å². The number of halogens is 3. The molecule has 0 amide bonds. The van der Waals surface area contributed by atoms with Crippen LogP contribution in [0.1, 0.15) is 30.9 Å². The third-order valence-electron chi connectivity index (χ3n) is 3.63. The minimum Gasteiger partial charge on any atom is -0.493 e. The van der Waals surface area contributed by atoms with Crippen molar-refractivity contribution in [1.82, 2.24) is 0 Å². The fraction of sp³-hybridized carbons (Fsp3) is 0.467. The van der Waals surface area contributed by atoms with Crippen molar-refractivity contribution >= 4 is 10.1 Å². The van der Waals surface area contributed by atoms with Gasteiger partial charge in [0.1, 0.15) is 11.5 Å². The molecule has 0 N–H and O–H groups in total. The van der Waals surface area contributed by atoms with E-state index in [4.69, 9.17) is 4.74 Å². The highest BCUT2D eigenvalue weighted by Crippen LogP contribution is 2.35. The van der Waals surface area contributed by atoms with Crippen LogP contribution in [-0.4, -0.2) is 20.5 Å². The lowest BCUT2D eigenvalue weighted by atomic mass is 10.0. The average molecular weight is 350 g/mol. The van der Waals surface area contributed by atoms with Crippen LogP contribution in [0.3, 0.4) is 0 Å². The van der Waals surface area contributed by atoms with Gasteiger partial charge in [0.25, 0.3) is 0 Å². The summed E-state index contributed by atoms with van der Waals surface area (Å²) < 4.78 is 69.6. The van der Waals surface area contributed by atoms with Crippen molar-refractivity contribution < 1.29 is 30.5 Å². The van der Waals surface area contributed by atoms with E-state index in [2.05, 4.69) is 4.18 Å². The lowest BCUT2D eigenvalue weighted by molar-refractivity contribution is -0.0500. The van der Waals surface area contributed by atoms with Gasteiger partial charge in [-0.3, -0.25) is 0 Å². The molecule has 0 fully saturated rings. The molecule has 23 heavy (non-hydrogen) atoms. The average Bonchev–Trinajstić information content (AvgIpc) is 2.51. The molecular formula is C15H17F3O4S. The Morgan fingerprint density at radius 3 is 2.52 bits per heavy atom. The van der Waals surface area contributed by atoms with E-state index < -0.39 is 15.6 Å². The second-order valence-corrected chi connectivity index (χ2v) is 6.87. The minimum absolute atomic E-state index is 0.329. The van der Waals surface area contributed by atoms with E-state index in [1.54, 1.807) is 0 Å². The Labute approximate surface area is 133 Å². The summed E-state index contributed by atoms with van der Waals surface area (Å²) in [5, 5.41) is 0. The van der Waals surface area contributed by atoms with Gasteiger partial charge in [-0.15, -0.1) is 0 Å². The van der Waals surface area contributed by atoms with Gasteiger partial charge in [-0.2, -0.15) is 21.6 Å². The van der Waals surface area contributed by atoms with Gasteiger partial charge in [0.15, 0.2) is 0 Å². The van der Waals surface area contributed by atoms with E-state index in [-0.39, 0.29) is 5.75 Å². The summed E-state index contributed by atoms with van der Waals surface area (Å²) in [7, 11) is -5.68. The molecule has 1 heterocycles. The van der Waals surface area contributed by atoms with Crippen LogP contribution in [0.25, 0.3) is 0 Å². The van der Waals surface area contributed by atoms with Crippen molar-refractivity contribution in [3.8, 4) is 11.5 Å². The highest BCUT2D eigenvalue weighted by atomic mass is 32.2. The molecule has 0 aliphatic carbocycles. The second kappa shape index (κ2) is 6.43. The number of fused-ring (bicyclic) bond motifs is 1. The first-order valence-corrected chi connectivity index (χ1v) is 8.44. The first-order valence-electron chi connectivity index (χ1n) is 7.03. The van der Waals surface area contributed by atoms with Crippen LogP contribution in [0, 0.1) is 6.92 Å². The monoisotopic (exact) mass is 350 g/mol. The van der Waals surface area contributed by atoms with Crippen molar-refractivity contribution in [1.29, 1.82) is 0 Å². The lowest BCUT2D eigenvalue weighted by Gasteiger charge is -2.17. The smallest absolute Gasteiger partial charge is 0.493 e. The van der Waals surface area contributed by atoms with E-state index >= 15 is 0 Å². The maximum atomic E-state index is 12.5. The third kappa shape index (κ3) is 3.99. The number of benzene rings is 1. The molecule has 0 atom stereocenters. The van der Waals surface area contributed by atoms with Crippen LogP contribution < -0.4 is 8.92 Å². The molecule has 0 aromatic heterocycles. The van der Waals surface area contributed by atoms with Crippen molar-refractivity contribution in [2.45, 2.75) is 38.6 Å². The fourth-order valence-corrected chi connectivity index (χ4v) is 2.81. The molecule has 1 aromatic rings. The Morgan fingerprint density at radius 1 is 1.17 bits per heavy atom. The van der Waals surface area contributed by atoms with Crippen LogP contribution in [0.15, 0.2) is 23.8 Å². The number of allylic oxidation sites excluding steroid dienone is 1. The number of hydrogen-bond acceptors (Lipinski definition) is 4. The summed E-state index contributed by atoms with van der Waals surface area (Å²) in [5.41, 5.74) is -3.29. The first kappa shape index (κ1) is 17.7. The molecule has 0 saturated heterocycles. The van der Waals surface area contributed by atoms with Gasteiger partial charge in [0.05, 0.1) is 6.61 Å². The molecule has 1 aliphatic heterocycles. The number of alkyl halides is 3. The Hall–Kier alpha value is -1.70. The standard InChI is InChI=1S/C15H17F3O4S/c1-10-4-3-5-12-11(2)13(6-7-14(12)21-9-8-10)22-23(19,20)15(16,17)18/h4,6-7H,3,5,8-9H2,1-2H3. The fourth-order valence-electron chi connectivity index (χ4n) is 2.30. The van der Waals surface area contributed by atoms with Gasteiger partial charge in [-0.1, -0.05) is 11.6 Å². The van der Waals surface area contributed by atoms with Gasteiger partial charge in [0.2, 0.25) is 0 Å². The van der Waals surface area contributed by atoms with Crippen LogP contribution in [0.5, 0.6) is 11.5 Å². The summed E-state index contributed by atoms with van der Waals surface area (Å²) in [5.74, 6) is 0.215. The molecule has 0 bridgehead atoms. The van der Waals surface area contributed by atoms with Gasteiger partial charge in [0, 0.05) is 12.0 Å². The summed E-state index contributed by atoms with van der Waals surface area (Å²) in [4.78, 5) is 0. The van der Waals surface area contributed by atoms with E-state index in [0.29, 0.717) is 36.3 Å². The third-order valence-corrected chi connectivity index (χ3v) is 4.60. The maximum absolute atomic E-state index is 12.5. The number of rotatable bonds is 2. The molecular weight excluding hydrogens is 333 g/mol. The quantitative estimate of drug-likeness (QED) is 0.461. The lowest BCUT2D eigenvalue weighted by Crippen LogP contribution is -2.28. The van der Waals surface area contributed by atoms with Gasteiger partial charge in [-0.05, 0) is 44.4 Å². The molecule has 128 valence electrons. The van der Waals surface area contributed by atoms with Crippen molar-refractivity contribution in [3.63, 3.8) is 0 Å². The molecule has 0 radical (unpaired) electrons. The largest absolute Gasteiger partial charge is 0.534 e. The Balaban J connectivity index is 2.37. The van der Waals surface area contributed by atoms with Crippen LogP contribution in [0.2, 0.25) is 0 Å². The minimum atomic E-state index is -5.68. The predicted molar refractivity (Wildman–Crippen MR) is 79.0 cm³/mol. The van der Waals surface area contributed by atoms with E-state index in [1.807, 2.05) is 13.0 Å². The first-order chi connectivity index (χ1) is 10.6. The highest BCUT2D eigenvalue weighted by Gasteiger charge is 2.48. The predicted octanol–water partition coefficient (Wildman–Crippen LogP) is 3.88. The summed E-state index contributed by atoms with van der Waals surface area (Å²) in [6.07, 6.45) is 4.03. The zero-order chi connectivity index (χ0) is 17.3. The van der Waals surface area contributed by atoms with Crippen LogP contribution in [0.4, 0.5) is 13.2 Å². The zero-order valence-corrected chi connectivity index (χ0v) is 13.6. The van der Waals surface area contributed by atoms with Crippen molar-refractivity contribution in [2.75, 3.05) is 6.61 Å². The highest BCUT2D eigenvalue weighted by molar-refractivity contribution is 7.88. The van der Waals surface area contributed by atoms with Crippen LogP contribution in [-0.2, 0) is 16.5 Å². The second-order valence-electron chi connectivity index (χ2n) is 5.34. The van der Waals surface area contributed by atoms with E-state index in [1.165, 1.54) is 24.6 Å². The molecule has 0 saturated carbocycles. The summed E-state index contributed by atoms with van der Waals surface area (Å²) in [6, 6.07) is 2.64. The summed E-state index contributed by atoms with van der Waals surface area (Å²) in [6.45, 7) is 3.96. The molecule has 1 aliphatic rings. The van der Waals surface area contributed by atoms with Crippen molar-refractivity contribution in [2.24, 2.45) is 0 Å². The SMILES string of the molecule is CC1=CCCc2c(ccc(OS(=O)(=O)C(F)(F)F)c2C)OCC1. The molecule has 0 unspecified atom stereocenters. The number of ether oxygens (including phenoxy) is 1. The van der Waals surface area contributed by atoms with Gasteiger partial charge in [-0.25, -0.2) is 0 Å². The van der Waals surface area contributed by atoms with E-state index in [9.17, 15) is 21.6 Å². The topological polar surface area (TPSA) is 52.6 Å². The number of hydrogen-bond donors (Lipinski definition) is 0. The Bertz CT molecular complexity index is 721. The Kier molecular flexibility index (Phi) is 4.93. The van der Waals surface area contributed by atoms with Crippen molar-refractivity contribution in [3.05, 3.63) is 34.9 Å². The molecule has 0 spiro atoms. The molecule has 8 heteroatoms. The maximum Gasteiger partial charge on any atom is 0.534 e. The molecule has 4 nitrogen and oxygen atoms in total. The summed E-state index contributed by atoms with van der Waals surface area (Å²) >= 11 is 0.